The number of carbonyl (C=O) groups is 1. The van der Waals surface area contributed by atoms with E-state index >= 15 is 0 Å². The summed E-state index contributed by atoms with van der Waals surface area (Å²) in [5.41, 5.74) is -0.147. The van der Waals surface area contributed by atoms with E-state index in [9.17, 15) is 9.59 Å². The van der Waals surface area contributed by atoms with Gasteiger partial charge in [0.1, 0.15) is 12.1 Å². The van der Waals surface area contributed by atoms with Crippen LogP contribution in [0.3, 0.4) is 0 Å². The van der Waals surface area contributed by atoms with Crippen LogP contribution in [0.1, 0.15) is 18.7 Å². The lowest BCUT2D eigenvalue weighted by Crippen LogP contribution is -2.08. The molecule has 0 aliphatic rings. The SMILES string of the molecule is O=CCCCc1nccc(=O)[nH]1. The third-order valence-electron chi connectivity index (χ3n) is 1.46. The summed E-state index contributed by atoms with van der Waals surface area (Å²) < 4.78 is 0. The van der Waals surface area contributed by atoms with E-state index in [0.29, 0.717) is 18.7 Å². The van der Waals surface area contributed by atoms with Crippen molar-refractivity contribution in [3.63, 3.8) is 0 Å². The molecule has 0 aliphatic carbocycles. The Balaban J connectivity index is 2.52. The highest BCUT2D eigenvalue weighted by atomic mass is 16.1. The molecule has 12 heavy (non-hydrogen) atoms. The Morgan fingerprint density at radius 1 is 1.58 bits per heavy atom. The predicted octanol–water partition coefficient (Wildman–Crippen LogP) is 0.291. The zero-order chi connectivity index (χ0) is 8.81. The topological polar surface area (TPSA) is 62.8 Å². The van der Waals surface area contributed by atoms with Crippen LogP contribution in [-0.4, -0.2) is 16.3 Å². The predicted molar refractivity (Wildman–Crippen MR) is 43.9 cm³/mol. The van der Waals surface area contributed by atoms with Crippen LogP contribution < -0.4 is 5.56 Å². The summed E-state index contributed by atoms with van der Waals surface area (Å²) in [6.07, 6.45) is 4.22. The van der Waals surface area contributed by atoms with Gasteiger partial charge in [0, 0.05) is 25.1 Å². The van der Waals surface area contributed by atoms with Gasteiger partial charge >= 0.3 is 0 Å². The molecular weight excluding hydrogens is 156 g/mol. The standard InChI is InChI=1S/C8H10N2O2/c11-6-2-1-3-7-9-5-4-8(12)10-7/h4-6H,1-3H2,(H,9,10,12). The summed E-state index contributed by atoms with van der Waals surface area (Å²) in [7, 11) is 0. The van der Waals surface area contributed by atoms with Crippen LogP contribution in [0.4, 0.5) is 0 Å². The number of aryl methyl sites for hydroxylation is 1. The second kappa shape index (κ2) is 4.43. The molecule has 0 saturated carbocycles. The molecular formula is C8H10N2O2. The minimum absolute atomic E-state index is 0.147. The maximum Gasteiger partial charge on any atom is 0.250 e. The lowest BCUT2D eigenvalue weighted by atomic mass is 10.2. The molecule has 4 nitrogen and oxygen atoms in total. The molecule has 4 heteroatoms. The largest absolute Gasteiger partial charge is 0.311 e. The molecule has 1 aromatic heterocycles. The van der Waals surface area contributed by atoms with Crippen molar-refractivity contribution in [2.75, 3.05) is 0 Å². The van der Waals surface area contributed by atoms with Crippen molar-refractivity contribution < 1.29 is 4.79 Å². The summed E-state index contributed by atoms with van der Waals surface area (Å²) in [6.45, 7) is 0. The van der Waals surface area contributed by atoms with Crippen LogP contribution in [0.5, 0.6) is 0 Å². The number of nitrogens with one attached hydrogen (secondary N) is 1. The van der Waals surface area contributed by atoms with Gasteiger partial charge < -0.3 is 9.78 Å². The summed E-state index contributed by atoms with van der Waals surface area (Å²) >= 11 is 0. The number of unbranched alkanes of at least 4 members (excludes halogenated alkanes) is 1. The maximum absolute atomic E-state index is 10.8. The van der Waals surface area contributed by atoms with Gasteiger partial charge in [0.25, 0.3) is 5.56 Å². The van der Waals surface area contributed by atoms with E-state index in [2.05, 4.69) is 9.97 Å². The highest BCUT2D eigenvalue weighted by Gasteiger charge is 1.93. The van der Waals surface area contributed by atoms with Crippen LogP contribution in [0.25, 0.3) is 0 Å². The smallest absolute Gasteiger partial charge is 0.250 e. The summed E-state index contributed by atoms with van der Waals surface area (Å²) in [6, 6.07) is 1.36. The molecule has 0 radical (unpaired) electrons. The van der Waals surface area contributed by atoms with E-state index in [-0.39, 0.29) is 5.56 Å². The highest BCUT2D eigenvalue weighted by molar-refractivity contribution is 5.49. The summed E-state index contributed by atoms with van der Waals surface area (Å²) in [5.74, 6) is 0.643. The molecule has 0 unspecified atom stereocenters. The molecule has 64 valence electrons. The zero-order valence-electron chi connectivity index (χ0n) is 6.62. The van der Waals surface area contributed by atoms with Crippen molar-refractivity contribution >= 4 is 6.29 Å². The number of aromatic amines is 1. The van der Waals surface area contributed by atoms with E-state index in [1.807, 2.05) is 0 Å². The minimum Gasteiger partial charge on any atom is -0.311 e. The Kier molecular flexibility index (Phi) is 3.19. The second-order valence-electron chi connectivity index (χ2n) is 2.44. The lowest BCUT2D eigenvalue weighted by Gasteiger charge is -1.95. The number of aromatic nitrogens is 2. The quantitative estimate of drug-likeness (QED) is 0.516. The maximum atomic E-state index is 10.8. The zero-order valence-corrected chi connectivity index (χ0v) is 6.62. The van der Waals surface area contributed by atoms with E-state index in [4.69, 9.17) is 0 Å². The van der Waals surface area contributed by atoms with Crippen molar-refractivity contribution in [3.05, 3.63) is 28.4 Å². The summed E-state index contributed by atoms with van der Waals surface area (Å²) in [4.78, 5) is 27.3. The monoisotopic (exact) mass is 166 g/mol. The van der Waals surface area contributed by atoms with Crippen LogP contribution in [-0.2, 0) is 11.2 Å². The number of rotatable bonds is 4. The molecule has 0 bridgehead atoms. The third-order valence-corrected chi connectivity index (χ3v) is 1.46. The van der Waals surface area contributed by atoms with Crippen molar-refractivity contribution in [3.8, 4) is 0 Å². The Labute approximate surface area is 69.7 Å². The molecule has 0 atom stereocenters. The fourth-order valence-electron chi connectivity index (χ4n) is 0.891. The number of H-pyrrole nitrogens is 1. The second-order valence-corrected chi connectivity index (χ2v) is 2.44. The van der Waals surface area contributed by atoms with E-state index in [1.165, 1.54) is 12.3 Å². The van der Waals surface area contributed by atoms with Gasteiger partial charge in [-0.15, -0.1) is 0 Å². The molecule has 1 rings (SSSR count). The Bertz CT molecular complexity index is 306. The van der Waals surface area contributed by atoms with Crippen LogP contribution >= 0.6 is 0 Å². The average Bonchev–Trinajstić information content (AvgIpc) is 2.05. The molecule has 0 spiro atoms. The fraction of sp³-hybridized carbons (Fsp3) is 0.375. The Hall–Kier alpha value is -1.45. The van der Waals surface area contributed by atoms with Gasteiger partial charge in [-0.1, -0.05) is 0 Å². The van der Waals surface area contributed by atoms with Crippen molar-refractivity contribution in [1.82, 2.24) is 9.97 Å². The summed E-state index contributed by atoms with van der Waals surface area (Å²) in [5, 5.41) is 0. The first-order valence-corrected chi connectivity index (χ1v) is 3.81. The van der Waals surface area contributed by atoms with Crippen molar-refractivity contribution in [2.24, 2.45) is 0 Å². The first kappa shape index (κ1) is 8.64. The number of hydrogen-bond donors (Lipinski definition) is 1. The molecule has 0 saturated heterocycles. The van der Waals surface area contributed by atoms with E-state index in [1.54, 1.807) is 0 Å². The van der Waals surface area contributed by atoms with Crippen LogP contribution in [0.2, 0.25) is 0 Å². The molecule has 1 N–H and O–H groups in total. The van der Waals surface area contributed by atoms with Crippen LogP contribution in [0.15, 0.2) is 17.1 Å². The Morgan fingerprint density at radius 3 is 3.08 bits per heavy atom. The van der Waals surface area contributed by atoms with Gasteiger partial charge in [0.15, 0.2) is 0 Å². The number of carbonyl (C=O) groups excluding carboxylic acids is 1. The van der Waals surface area contributed by atoms with E-state index in [0.717, 1.165) is 12.7 Å². The number of hydrogen-bond acceptors (Lipinski definition) is 3. The van der Waals surface area contributed by atoms with Gasteiger partial charge in [-0.25, -0.2) is 4.98 Å². The van der Waals surface area contributed by atoms with Crippen molar-refractivity contribution in [1.29, 1.82) is 0 Å². The van der Waals surface area contributed by atoms with Crippen LogP contribution in [0, 0.1) is 0 Å². The lowest BCUT2D eigenvalue weighted by molar-refractivity contribution is -0.107. The highest BCUT2D eigenvalue weighted by Crippen LogP contribution is 1.93. The normalized spacial score (nSPS) is 9.67. The molecule has 0 aliphatic heterocycles. The average molecular weight is 166 g/mol. The molecule has 0 fully saturated rings. The molecule has 0 amide bonds. The number of nitrogens with zero attached hydrogens (tertiary/aromatic N) is 1. The van der Waals surface area contributed by atoms with Gasteiger partial charge in [-0.2, -0.15) is 0 Å². The Morgan fingerprint density at radius 2 is 2.42 bits per heavy atom. The number of aldehydes is 1. The fourth-order valence-corrected chi connectivity index (χ4v) is 0.891. The first-order valence-electron chi connectivity index (χ1n) is 3.81. The third kappa shape index (κ3) is 2.65. The van der Waals surface area contributed by atoms with Crippen molar-refractivity contribution in [2.45, 2.75) is 19.3 Å². The molecule has 1 heterocycles. The van der Waals surface area contributed by atoms with E-state index < -0.39 is 0 Å². The first-order chi connectivity index (χ1) is 5.83. The molecule has 1 aromatic rings. The van der Waals surface area contributed by atoms with Gasteiger partial charge in [-0.05, 0) is 6.42 Å². The minimum atomic E-state index is -0.147. The van der Waals surface area contributed by atoms with Gasteiger partial charge in [0.05, 0.1) is 0 Å². The van der Waals surface area contributed by atoms with Gasteiger partial charge in [-0.3, -0.25) is 4.79 Å². The van der Waals surface area contributed by atoms with Gasteiger partial charge in [0.2, 0.25) is 0 Å². The molecule has 0 aromatic carbocycles.